The molecule has 0 unspecified atom stereocenters. The summed E-state index contributed by atoms with van der Waals surface area (Å²) in [6.45, 7) is 3.61. The standard InChI is InChI=1S/C28H30ClN5O2/c1-18-16-30-17-26(31-18)34-13-11-21(12-14-34)33(2)28(36)20-8-7-19-9-10-25(23(19)15-20)32-27(35)22-5-3-4-6-24(22)29/h3-8,15-17,21,25H,9-14H2,1-2H3,(H,32,35)/t25-/m1/s1. The average molecular weight is 504 g/mol. The van der Waals surface area contributed by atoms with E-state index in [0.29, 0.717) is 16.1 Å². The number of piperidine rings is 1. The van der Waals surface area contributed by atoms with Crippen molar-refractivity contribution < 1.29 is 9.59 Å². The van der Waals surface area contributed by atoms with Crippen molar-refractivity contribution in [3.05, 3.63) is 87.8 Å². The Balaban J connectivity index is 1.25. The Morgan fingerprint density at radius 3 is 2.61 bits per heavy atom. The van der Waals surface area contributed by atoms with Crippen LogP contribution in [0.25, 0.3) is 0 Å². The van der Waals surface area contributed by atoms with E-state index in [9.17, 15) is 9.59 Å². The van der Waals surface area contributed by atoms with Crippen molar-refractivity contribution in [3.63, 3.8) is 0 Å². The molecule has 36 heavy (non-hydrogen) atoms. The van der Waals surface area contributed by atoms with Crippen molar-refractivity contribution in [1.29, 1.82) is 0 Å². The van der Waals surface area contributed by atoms with Crippen LogP contribution in [0.4, 0.5) is 5.82 Å². The Hall–Kier alpha value is -3.45. The summed E-state index contributed by atoms with van der Waals surface area (Å²) in [6.07, 6.45) is 6.98. The van der Waals surface area contributed by atoms with Crippen molar-refractivity contribution >= 4 is 29.2 Å². The Kier molecular flexibility index (Phi) is 6.92. The molecule has 3 aromatic rings. The predicted octanol–water partition coefficient (Wildman–Crippen LogP) is 4.60. The van der Waals surface area contributed by atoms with Crippen molar-refractivity contribution in [1.82, 2.24) is 20.2 Å². The number of rotatable bonds is 5. The molecule has 186 valence electrons. The summed E-state index contributed by atoms with van der Waals surface area (Å²) in [5, 5.41) is 3.54. The minimum atomic E-state index is -0.197. The molecule has 2 aromatic carbocycles. The summed E-state index contributed by atoms with van der Waals surface area (Å²) in [5.74, 6) is 0.706. The molecular weight excluding hydrogens is 474 g/mol. The first-order valence-electron chi connectivity index (χ1n) is 12.4. The van der Waals surface area contributed by atoms with Crippen LogP contribution in [0.2, 0.25) is 5.02 Å². The Morgan fingerprint density at radius 1 is 1.08 bits per heavy atom. The number of hydrogen-bond acceptors (Lipinski definition) is 5. The van der Waals surface area contributed by atoms with E-state index in [-0.39, 0.29) is 23.9 Å². The highest BCUT2D eigenvalue weighted by molar-refractivity contribution is 6.33. The largest absolute Gasteiger partial charge is 0.355 e. The van der Waals surface area contributed by atoms with Gasteiger partial charge in [-0.3, -0.25) is 14.6 Å². The quantitative estimate of drug-likeness (QED) is 0.550. The molecule has 1 N–H and O–H groups in total. The number of fused-ring (bicyclic) bond motifs is 1. The van der Waals surface area contributed by atoms with Crippen LogP contribution in [0.5, 0.6) is 0 Å². The van der Waals surface area contributed by atoms with Crippen molar-refractivity contribution in [2.45, 2.75) is 44.7 Å². The number of nitrogens with zero attached hydrogens (tertiary/aromatic N) is 4. The van der Waals surface area contributed by atoms with Gasteiger partial charge in [0.1, 0.15) is 5.82 Å². The number of aryl methyl sites for hydroxylation is 2. The summed E-state index contributed by atoms with van der Waals surface area (Å²) in [6, 6.07) is 13.0. The van der Waals surface area contributed by atoms with Crippen LogP contribution < -0.4 is 10.2 Å². The van der Waals surface area contributed by atoms with Crippen LogP contribution >= 0.6 is 11.6 Å². The van der Waals surface area contributed by atoms with Gasteiger partial charge in [-0.05, 0) is 68.0 Å². The normalized spacial score (nSPS) is 17.5. The number of amides is 2. The van der Waals surface area contributed by atoms with Gasteiger partial charge in [0, 0.05) is 37.9 Å². The van der Waals surface area contributed by atoms with Gasteiger partial charge in [0.25, 0.3) is 11.8 Å². The van der Waals surface area contributed by atoms with E-state index in [2.05, 4.69) is 20.2 Å². The van der Waals surface area contributed by atoms with Gasteiger partial charge in [-0.25, -0.2) is 4.98 Å². The molecule has 8 heteroatoms. The van der Waals surface area contributed by atoms with E-state index in [1.54, 1.807) is 36.7 Å². The minimum Gasteiger partial charge on any atom is -0.355 e. The third-order valence-electron chi connectivity index (χ3n) is 7.29. The molecule has 2 amide bonds. The molecule has 1 fully saturated rings. The number of carbonyl (C=O) groups is 2. The summed E-state index contributed by atoms with van der Waals surface area (Å²) in [7, 11) is 1.89. The van der Waals surface area contributed by atoms with Crippen molar-refractivity contribution in [2.75, 3.05) is 25.0 Å². The molecule has 2 heterocycles. The Labute approximate surface area is 216 Å². The van der Waals surface area contributed by atoms with Gasteiger partial charge in [0.15, 0.2) is 0 Å². The molecule has 1 aromatic heterocycles. The van der Waals surface area contributed by atoms with Crippen molar-refractivity contribution in [3.8, 4) is 0 Å². The van der Waals surface area contributed by atoms with Crippen LogP contribution in [0, 0.1) is 6.92 Å². The fourth-order valence-electron chi connectivity index (χ4n) is 5.22. The van der Waals surface area contributed by atoms with E-state index in [1.165, 1.54) is 5.56 Å². The first-order valence-corrected chi connectivity index (χ1v) is 12.8. The fourth-order valence-corrected chi connectivity index (χ4v) is 5.44. The number of anilines is 1. The highest BCUT2D eigenvalue weighted by Gasteiger charge is 2.29. The van der Waals surface area contributed by atoms with E-state index < -0.39 is 0 Å². The van der Waals surface area contributed by atoms with E-state index >= 15 is 0 Å². The summed E-state index contributed by atoms with van der Waals surface area (Å²) in [4.78, 5) is 39.2. The second kappa shape index (κ2) is 10.3. The minimum absolute atomic E-state index is 0.00896. The lowest BCUT2D eigenvalue weighted by molar-refractivity contribution is 0.0709. The third kappa shape index (κ3) is 4.93. The molecule has 0 bridgehead atoms. The number of halogens is 1. The van der Waals surface area contributed by atoms with E-state index in [1.807, 2.05) is 37.1 Å². The molecule has 0 saturated carbocycles. The van der Waals surface area contributed by atoms with Crippen LogP contribution in [0.1, 0.15) is 62.8 Å². The summed E-state index contributed by atoms with van der Waals surface area (Å²) in [5.41, 5.74) is 4.21. The van der Waals surface area contributed by atoms with E-state index in [0.717, 1.165) is 55.8 Å². The second-order valence-electron chi connectivity index (χ2n) is 9.61. The zero-order chi connectivity index (χ0) is 25.2. The molecule has 1 aliphatic heterocycles. The van der Waals surface area contributed by atoms with Gasteiger partial charge in [0.05, 0.1) is 28.5 Å². The molecule has 2 aliphatic rings. The first kappa shape index (κ1) is 24.3. The maximum Gasteiger partial charge on any atom is 0.253 e. The van der Waals surface area contributed by atoms with E-state index in [4.69, 9.17) is 11.6 Å². The lowest BCUT2D eigenvalue weighted by Gasteiger charge is -2.37. The van der Waals surface area contributed by atoms with Gasteiger partial charge in [0.2, 0.25) is 0 Å². The molecule has 7 nitrogen and oxygen atoms in total. The molecule has 5 rings (SSSR count). The zero-order valence-electron chi connectivity index (χ0n) is 20.6. The number of benzene rings is 2. The monoisotopic (exact) mass is 503 g/mol. The highest BCUT2D eigenvalue weighted by Crippen LogP contribution is 2.33. The molecular formula is C28H30ClN5O2. The smallest absolute Gasteiger partial charge is 0.253 e. The number of aromatic nitrogens is 2. The molecule has 1 atom stereocenters. The van der Waals surface area contributed by atoms with Gasteiger partial charge in [-0.15, -0.1) is 0 Å². The van der Waals surface area contributed by atoms with Gasteiger partial charge >= 0.3 is 0 Å². The van der Waals surface area contributed by atoms with Gasteiger partial charge in [-0.1, -0.05) is 29.8 Å². The van der Waals surface area contributed by atoms with Crippen LogP contribution in [-0.2, 0) is 6.42 Å². The highest BCUT2D eigenvalue weighted by atomic mass is 35.5. The van der Waals surface area contributed by atoms with Crippen LogP contribution in [0.15, 0.2) is 54.9 Å². The Morgan fingerprint density at radius 2 is 1.86 bits per heavy atom. The maximum atomic E-state index is 13.4. The van der Waals surface area contributed by atoms with Gasteiger partial charge in [-0.2, -0.15) is 0 Å². The lowest BCUT2D eigenvalue weighted by atomic mass is 10.0. The van der Waals surface area contributed by atoms with Crippen LogP contribution in [-0.4, -0.2) is 52.9 Å². The number of nitrogens with one attached hydrogen (secondary N) is 1. The SMILES string of the molecule is Cc1cncc(N2CCC(N(C)C(=O)c3ccc4c(c3)[C@H](NC(=O)c3ccccc3Cl)CC4)CC2)n1. The second-order valence-corrected chi connectivity index (χ2v) is 10.0. The average Bonchev–Trinajstić information content (AvgIpc) is 3.30. The lowest BCUT2D eigenvalue weighted by Crippen LogP contribution is -2.46. The Bertz CT molecular complexity index is 1290. The van der Waals surface area contributed by atoms with Crippen LogP contribution in [0.3, 0.4) is 0 Å². The fraction of sp³-hybridized carbons (Fsp3) is 0.357. The molecule has 1 aliphatic carbocycles. The predicted molar refractivity (Wildman–Crippen MR) is 141 cm³/mol. The number of carbonyl (C=O) groups excluding carboxylic acids is 2. The van der Waals surface area contributed by atoms with Gasteiger partial charge < -0.3 is 15.1 Å². The molecule has 0 spiro atoms. The molecule has 1 saturated heterocycles. The summed E-state index contributed by atoms with van der Waals surface area (Å²) < 4.78 is 0. The first-order chi connectivity index (χ1) is 17.4. The summed E-state index contributed by atoms with van der Waals surface area (Å²) >= 11 is 6.21. The zero-order valence-corrected chi connectivity index (χ0v) is 21.3. The topological polar surface area (TPSA) is 78.4 Å². The molecule has 0 radical (unpaired) electrons. The number of hydrogen-bond donors (Lipinski definition) is 1. The third-order valence-corrected chi connectivity index (χ3v) is 7.62. The van der Waals surface area contributed by atoms with Crippen molar-refractivity contribution in [2.24, 2.45) is 0 Å². The maximum absolute atomic E-state index is 13.4.